The average molecular weight is 181 g/mol. The molecule has 0 aromatic rings. The maximum Gasteiger partial charge on any atom is 0.300 e. The molecule has 0 spiro atoms. The molecule has 0 heterocycles. The third-order valence-electron chi connectivity index (χ3n) is 0.129. The van der Waals surface area contributed by atoms with Crippen LogP contribution in [-0.2, 0) is 9.59 Å². The maximum absolute atomic E-state index is 9.00. The van der Waals surface area contributed by atoms with Crippen molar-refractivity contribution in [3.8, 4) is 0 Å². The van der Waals surface area contributed by atoms with E-state index in [4.69, 9.17) is 30.6 Å². The third kappa shape index (κ3) is 27900. The van der Waals surface area contributed by atoms with Crippen molar-refractivity contribution in [3.63, 3.8) is 0 Å². The van der Waals surface area contributed by atoms with E-state index in [1.54, 1.807) is 0 Å². The number of hydrogen-bond acceptors (Lipinski definition) is 4. The molecule has 0 saturated heterocycles. The van der Waals surface area contributed by atoms with E-state index in [9.17, 15) is 0 Å². The number of rotatable bonds is 1. The minimum Gasteiger partial charge on any atom is -0.481 e. The van der Waals surface area contributed by atoms with E-state index in [1.807, 2.05) is 0 Å². The topological polar surface area (TPSA) is 121 Å². The van der Waals surface area contributed by atoms with Gasteiger partial charge in [-0.1, -0.05) is 0 Å². The molecule has 0 aliphatic carbocycles. The highest BCUT2D eigenvalue weighted by molar-refractivity contribution is 5.63. The highest BCUT2D eigenvalue weighted by Gasteiger charge is 1.65. The Morgan fingerprint density at radius 2 is 1.25 bits per heavy atom. The molecule has 0 unspecified atom stereocenters. The summed E-state index contributed by atoms with van der Waals surface area (Å²) in [6.45, 7) is 2.64. The predicted molar refractivity (Wildman–Crippen MR) is 42.8 cm³/mol. The molecule has 6 heteroatoms. The summed E-state index contributed by atoms with van der Waals surface area (Å²) in [6, 6.07) is 0. The first-order valence-corrected chi connectivity index (χ1v) is 3.08. The van der Waals surface area contributed by atoms with E-state index in [0.717, 1.165) is 13.8 Å². The largest absolute Gasteiger partial charge is 0.481 e. The van der Waals surface area contributed by atoms with Gasteiger partial charge in [0.25, 0.3) is 11.9 Å². The molecule has 0 fully saturated rings. The van der Waals surface area contributed by atoms with Crippen molar-refractivity contribution in [2.75, 3.05) is 13.2 Å². The molecule has 0 amide bonds. The first-order valence-electron chi connectivity index (χ1n) is 3.08. The molecule has 0 aliphatic heterocycles. The van der Waals surface area contributed by atoms with Crippen molar-refractivity contribution in [3.05, 3.63) is 0 Å². The molecule has 0 aromatic carbocycles. The first kappa shape index (κ1) is 17.1. The zero-order valence-electron chi connectivity index (χ0n) is 7.15. The number of aliphatic hydroxyl groups is 1. The number of carboxylic acid groups (broad SMARTS) is 2. The van der Waals surface area contributed by atoms with Gasteiger partial charge in [-0.3, -0.25) is 9.59 Å². The second kappa shape index (κ2) is 16.4. The smallest absolute Gasteiger partial charge is 0.300 e. The zero-order chi connectivity index (χ0) is 10.6. The second-order valence-corrected chi connectivity index (χ2v) is 1.55. The van der Waals surface area contributed by atoms with Crippen LogP contribution >= 0.6 is 0 Å². The second-order valence-electron chi connectivity index (χ2n) is 1.55. The van der Waals surface area contributed by atoms with Gasteiger partial charge < -0.3 is 21.1 Å². The van der Waals surface area contributed by atoms with Gasteiger partial charge in [0.2, 0.25) is 0 Å². The number of aliphatic carboxylic acids is 2. The molecule has 5 N–H and O–H groups in total. The molecule has 0 bridgehead atoms. The monoisotopic (exact) mass is 181 g/mol. The number of carboxylic acids is 2. The fraction of sp³-hybridized carbons (Fsp3) is 0.667. The Morgan fingerprint density at radius 1 is 1.17 bits per heavy atom. The van der Waals surface area contributed by atoms with Crippen LogP contribution in [0.4, 0.5) is 0 Å². The summed E-state index contributed by atoms with van der Waals surface area (Å²) in [5.74, 6) is -1.67. The molecular weight excluding hydrogens is 166 g/mol. The van der Waals surface area contributed by atoms with E-state index in [0.29, 0.717) is 6.54 Å². The van der Waals surface area contributed by atoms with Crippen LogP contribution in [0.3, 0.4) is 0 Å². The maximum atomic E-state index is 9.00. The molecule has 74 valence electrons. The fourth-order valence-corrected chi connectivity index (χ4v) is 0. The highest BCUT2D eigenvalue weighted by atomic mass is 16.4. The highest BCUT2D eigenvalue weighted by Crippen LogP contribution is 1.42. The van der Waals surface area contributed by atoms with Gasteiger partial charge in [-0.25, -0.2) is 0 Å². The molecule has 0 atom stereocenters. The molecule has 0 radical (unpaired) electrons. The van der Waals surface area contributed by atoms with Crippen molar-refractivity contribution < 1.29 is 24.9 Å². The lowest BCUT2D eigenvalue weighted by molar-refractivity contribution is -0.135. The molecule has 12 heavy (non-hydrogen) atoms. The fourth-order valence-electron chi connectivity index (χ4n) is 0. The minimum atomic E-state index is -0.833. The molecule has 0 rings (SSSR count). The third-order valence-corrected chi connectivity index (χ3v) is 0.129. The van der Waals surface area contributed by atoms with E-state index in [-0.39, 0.29) is 6.61 Å². The Labute approximate surface area is 70.6 Å². The van der Waals surface area contributed by atoms with Gasteiger partial charge in [0, 0.05) is 20.4 Å². The van der Waals surface area contributed by atoms with Gasteiger partial charge in [-0.15, -0.1) is 0 Å². The zero-order valence-corrected chi connectivity index (χ0v) is 7.15. The van der Waals surface area contributed by atoms with Crippen LogP contribution in [-0.4, -0.2) is 40.4 Å². The quantitative estimate of drug-likeness (QED) is 0.416. The average Bonchev–Trinajstić information content (AvgIpc) is 1.85. The van der Waals surface area contributed by atoms with Crippen molar-refractivity contribution >= 4 is 11.9 Å². The van der Waals surface area contributed by atoms with E-state index < -0.39 is 11.9 Å². The van der Waals surface area contributed by atoms with Gasteiger partial charge in [-0.2, -0.15) is 0 Å². The number of aliphatic hydroxyl groups excluding tert-OH is 1. The summed E-state index contributed by atoms with van der Waals surface area (Å²) in [6.07, 6.45) is 0. The van der Waals surface area contributed by atoms with Crippen molar-refractivity contribution in [2.45, 2.75) is 13.8 Å². The Morgan fingerprint density at radius 3 is 1.25 bits per heavy atom. The van der Waals surface area contributed by atoms with Crippen LogP contribution in [0.25, 0.3) is 0 Å². The first-order chi connectivity index (χ1) is 5.38. The molecule has 0 saturated carbocycles. The summed E-state index contributed by atoms with van der Waals surface area (Å²) in [5.41, 5.74) is 4.78. The Kier molecular flexibility index (Phi) is 23.4. The van der Waals surface area contributed by atoms with Crippen LogP contribution in [0.2, 0.25) is 0 Å². The minimum absolute atomic E-state index is 0.0972. The van der Waals surface area contributed by atoms with Crippen LogP contribution < -0.4 is 5.73 Å². The summed E-state index contributed by atoms with van der Waals surface area (Å²) < 4.78 is 0. The van der Waals surface area contributed by atoms with Gasteiger partial charge in [0.15, 0.2) is 0 Å². The van der Waals surface area contributed by atoms with E-state index in [1.165, 1.54) is 0 Å². The van der Waals surface area contributed by atoms with E-state index >= 15 is 0 Å². The lowest BCUT2D eigenvalue weighted by Gasteiger charge is -1.71. The van der Waals surface area contributed by atoms with Crippen molar-refractivity contribution in [1.29, 1.82) is 0 Å². The lowest BCUT2D eigenvalue weighted by atomic mass is 10.8. The van der Waals surface area contributed by atoms with Crippen LogP contribution in [0, 0.1) is 0 Å². The standard InChI is InChI=1S/C2H7NO.2C2H4O2/c3-1-2-4;2*1-2(3)4/h4H,1-3H2;2*1H3,(H,3,4). The predicted octanol–water partition coefficient (Wildman–Crippen LogP) is -0.881. The van der Waals surface area contributed by atoms with Gasteiger partial charge in [0.05, 0.1) is 6.61 Å². The summed E-state index contributed by atoms with van der Waals surface area (Å²) in [7, 11) is 0. The Balaban J connectivity index is -0.000000101. The molecule has 6 nitrogen and oxygen atoms in total. The number of nitrogens with two attached hydrogens (primary N) is 1. The normalized spacial score (nSPS) is 6.67. The summed E-state index contributed by atoms with van der Waals surface area (Å²) in [5, 5.41) is 22.6. The van der Waals surface area contributed by atoms with Gasteiger partial charge in [-0.05, 0) is 0 Å². The molecule has 0 aliphatic rings. The van der Waals surface area contributed by atoms with Crippen LogP contribution in [0.1, 0.15) is 13.8 Å². The summed E-state index contributed by atoms with van der Waals surface area (Å²) >= 11 is 0. The Bertz CT molecular complexity index is 92.5. The van der Waals surface area contributed by atoms with Crippen LogP contribution in [0.5, 0.6) is 0 Å². The Hall–Kier alpha value is -1.14. The van der Waals surface area contributed by atoms with Crippen molar-refractivity contribution in [1.82, 2.24) is 0 Å². The van der Waals surface area contributed by atoms with Crippen molar-refractivity contribution in [2.24, 2.45) is 5.73 Å². The van der Waals surface area contributed by atoms with Crippen LogP contribution in [0.15, 0.2) is 0 Å². The van der Waals surface area contributed by atoms with Gasteiger partial charge in [0.1, 0.15) is 0 Å². The summed E-state index contributed by atoms with van der Waals surface area (Å²) in [4.78, 5) is 18.0. The van der Waals surface area contributed by atoms with Gasteiger partial charge >= 0.3 is 0 Å². The SMILES string of the molecule is CC(=O)O.CC(=O)O.NCCO. The number of carbonyl (C=O) groups is 2. The molecule has 0 aromatic heterocycles. The molecular formula is C6H15NO5. The lowest BCUT2D eigenvalue weighted by Crippen LogP contribution is -2.02. The number of hydrogen-bond donors (Lipinski definition) is 4. The van der Waals surface area contributed by atoms with E-state index in [2.05, 4.69) is 0 Å².